The molecule has 0 fully saturated rings. The number of ether oxygens (including phenoxy) is 1. The van der Waals surface area contributed by atoms with E-state index in [1.807, 2.05) is 7.85 Å². The van der Waals surface area contributed by atoms with Gasteiger partial charge >= 0.3 is 0 Å². The Morgan fingerprint density at radius 3 is 2.73 bits per heavy atom. The Balaban J connectivity index is 3.12. The van der Waals surface area contributed by atoms with E-state index in [0.717, 1.165) is 11.2 Å². The molecule has 2 nitrogen and oxygen atoms in total. The molecule has 0 atom stereocenters. The van der Waals surface area contributed by atoms with Crippen LogP contribution in [0, 0.1) is 11.3 Å². The molecule has 0 heterocycles. The van der Waals surface area contributed by atoms with Crippen LogP contribution in [-0.2, 0) is 0 Å². The Bertz CT molecular complexity index is 303. The van der Waals surface area contributed by atoms with Crippen molar-refractivity contribution in [2.75, 3.05) is 7.11 Å². The number of nitrogens with zero attached hydrogens (tertiary/aromatic N) is 1. The minimum Gasteiger partial charge on any atom is -0.497 e. The molecule has 0 unspecified atom stereocenters. The van der Waals surface area contributed by atoms with Crippen LogP contribution in [0.5, 0.6) is 5.75 Å². The molecule has 0 aliphatic rings. The van der Waals surface area contributed by atoms with Crippen LogP contribution in [0.25, 0.3) is 0 Å². The van der Waals surface area contributed by atoms with Crippen molar-refractivity contribution in [3.05, 3.63) is 23.8 Å². The van der Waals surface area contributed by atoms with Crippen molar-refractivity contribution < 1.29 is 4.74 Å². The SMILES string of the molecule is Bc1cc(C#N)ccc1OC. The van der Waals surface area contributed by atoms with Crippen molar-refractivity contribution in [2.24, 2.45) is 0 Å². The first kappa shape index (κ1) is 7.68. The van der Waals surface area contributed by atoms with Crippen molar-refractivity contribution >= 4 is 13.3 Å². The molecule has 0 aliphatic carbocycles. The van der Waals surface area contributed by atoms with Gasteiger partial charge in [0.1, 0.15) is 13.6 Å². The molecule has 0 saturated heterocycles. The fourth-order valence-electron chi connectivity index (χ4n) is 0.948. The number of nitriles is 1. The molecule has 0 saturated carbocycles. The number of rotatable bonds is 1. The highest BCUT2D eigenvalue weighted by atomic mass is 16.5. The molecule has 1 rings (SSSR count). The Kier molecular flexibility index (Phi) is 2.17. The van der Waals surface area contributed by atoms with Gasteiger partial charge < -0.3 is 4.74 Å². The molecule has 1 aromatic carbocycles. The fourth-order valence-corrected chi connectivity index (χ4v) is 0.948. The summed E-state index contributed by atoms with van der Waals surface area (Å²) in [7, 11) is 3.54. The maximum absolute atomic E-state index is 8.53. The third kappa shape index (κ3) is 1.53. The molecule has 1 aromatic rings. The Morgan fingerprint density at radius 1 is 1.55 bits per heavy atom. The summed E-state index contributed by atoms with van der Waals surface area (Å²) >= 11 is 0. The summed E-state index contributed by atoms with van der Waals surface area (Å²) in [5, 5.41) is 8.53. The first-order valence-electron chi connectivity index (χ1n) is 3.32. The molecule has 0 bridgehead atoms. The summed E-state index contributed by atoms with van der Waals surface area (Å²) in [6, 6.07) is 7.41. The highest BCUT2D eigenvalue weighted by molar-refractivity contribution is 6.34. The average molecular weight is 145 g/mol. The number of hydrogen-bond donors (Lipinski definition) is 0. The lowest BCUT2D eigenvalue weighted by molar-refractivity contribution is 0.418. The fraction of sp³-hybridized carbons (Fsp3) is 0.125. The normalized spacial score (nSPS) is 8.73. The largest absolute Gasteiger partial charge is 0.497 e. The van der Waals surface area contributed by atoms with Gasteiger partial charge in [-0.1, -0.05) is 0 Å². The Morgan fingerprint density at radius 2 is 2.27 bits per heavy atom. The van der Waals surface area contributed by atoms with Gasteiger partial charge in [0.05, 0.1) is 18.7 Å². The Labute approximate surface area is 66.8 Å². The highest BCUT2D eigenvalue weighted by Gasteiger charge is 1.97. The standard InChI is InChI=1S/C8H8BNO/c1-11-8-3-2-6(5-10)4-7(8)9/h2-4H,9H2,1H3. The zero-order valence-electron chi connectivity index (χ0n) is 6.59. The van der Waals surface area contributed by atoms with E-state index in [9.17, 15) is 0 Å². The topological polar surface area (TPSA) is 33.0 Å². The van der Waals surface area contributed by atoms with Crippen molar-refractivity contribution in [1.29, 1.82) is 5.26 Å². The van der Waals surface area contributed by atoms with Gasteiger partial charge in [0.2, 0.25) is 0 Å². The summed E-state index contributed by atoms with van der Waals surface area (Å²) in [5.74, 6) is 0.823. The predicted octanol–water partition coefficient (Wildman–Crippen LogP) is -0.175. The maximum Gasteiger partial charge on any atom is 0.144 e. The average Bonchev–Trinajstić information content (AvgIpc) is 2.04. The van der Waals surface area contributed by atoms with E-state index in [-0.39, 0.29) is 0 Å². The van der Waals surface area contributed by atoms with Gasteiger partial charge in [-0.25, -0.2) is 0 Å². The molecule has 0 amide bonds. The maximum atomic E-state index is 8.53. The van der Waals surface area contributed by atoms with Crippen molar-refractivity contribution in [3.8, 4) is 11.8 Å². The Hall–Kier alpha value is -1.43. The molecule has 0 aromatic heterocycles. The van der Waals surface area contributed by atoms with E-state index in [1.54, 1.807) is 25.3 Å². The lowest BCUT2D eigenvalue weighted by Gasteiger charge is -2.02. The molecule has 0 radical (unpaired) electrons. The zero-order chi connectivity index (χ0) is 8.27. The first-order chi connectivity index (χ1) is 5.27. The van der Waals surface area contributed by atoms with Crippen LogP contribution in [-0.4, -0.2) is 15.0 Å². The smallest absolute Gasteiger partial charge is 0.144 e. The predicted molar refractivity (Wildman–Crippen MR) is 45.9 cm³/mol. The van der Waals surface area contributed by atoms with Gasteiger partial charge in [-0.3, -0.25) is 0 Å². The molecule has 0 aliphatic heterocycles. The first-order valence-corrected chi connectivity index (χ1v) is 3.32. The minimum absolute atomic E-state index is 0.670. The van der Waals surface area contributed by atoms with Gasteiger partial charge in [0, 0.05) is 0 Å². The number of methoxy groups -OCH3 is 1. The summed E-state index contributed by atoms with van der Waals surface area (Å²) in [5.41, 5.74) is 1.66. The number of hydrogen-bond acceptors (Lipinski definition) is 2. The van der Waals surface area contributed by atoms with Crippen LogP contribution < -0.4 is 10.2 Å². The molecular weight excluding hydrogens is 137 g/mol. The quantitative estimate of drug-likeness (QED) is 0.513. The summed E-state index contributed by atoms with van der Waals surface area (Å²) in [4.78, 5) is 0. The third-order valence-corrected chi connectivity index (χ3v) is 1.52. The van der Waals surface area contributed by atoms with Crippen LogP contribution in [0.2, 0.25) is 0 Å². The molecule has 0 spiro atoms. The van der Waals surface area contributed by atoms with E-state index in [2.05, 4.69) is 6.07 Å². The van der Waals surface area contributed by atoms with Crippen LogP contribution >= 0.6 is 0 Å². The zero-order valence-corrected chi connectivity index (χ0v) is 6.59. The van der Waals surface area contributed by atoms with Gasteiger partial charge in [-0.05, 0) is 23.7 Å². The van der Waals surface area contributed by atoms with E-state index in [4.69, 9.17) is 10.00 Å². The second-order valence-corrected chi connectivity index (χ2v) is 2.30. The van der Waals surface area contributed by atoms with Crippen molar-refractivity contribution in [2.45, 2.75) is 0 Å². The van der Waals surface area contributed by atoms with Gasteiger partial charge in [-0.2, -0.15) is 5.26 Å². The monoisotopic (exact) mass is 145 g/mol. The van der Waals surface area contributed by atoms with Gasteiger partial charge in [0.15, 0.2) is 0 Å². The van der Waals surface area contributed by atoms with Gasteiger partial charge in [0.25, 0.3) is 0 Å². The lowest BCUT2D eigenvalue weighted by Crippen LogP contribution is -2.06. The molecular formula is C8H8BNO. The molecule has 54 valence electrons. The van der Waals surface area contributed by atoms with E-state index < -0.39 is 0 Å². The van der Waals surface area contributed by atoms with E-state index >= 15 is 0 Å². The van der Waals surface area contributed by atoms with E-state index in [1.165, 1.54) is 0 Å². The molecule has 11 heavy (non-hydrogen) atoms. The minimum atomic E-state index is 0.670. The van der Waals surface area contributed by atoms with Crippen molar-refractivity contribution in [1.82, 2.24) is 0 Å². The van der Waals surface area contributed by atoms with Crippen LogP contribution in [0.4, 0.5) is 0 Å². The second-order valence-electron chi connectivity index (χ2n) is 2.30. The van der Waals surface area contributed by atoms with E-state index in [0.29, 0.717) is 5.56 Å². The number of benzene rings is 1. The van der Waals surface area contributed by atoms with Crippen LogP contribution in [0.15, 0.2) is 18.2 Å². The van der Waals surface area contributed by atoms with Crippen molar-refractivity contribution in [3.63, 3.8) is 0 Å². The van der Waals surface area contributed by atoms with Gasteiger partial charge in [-0.15, -0.1) is 0 Å². The van der Waals surface area contributed by atoms with Crippen LogP contribution in [0.3, 0.4) is 0 Å². The molecule has 3 heteroatoms. The summed E-state index contributed by atoms with van der Waals surface area (Å²) in [6.07, 6.45) is 0. The highest BCUT2D eigenvalue weighted by Crippen LogP contribution is 2.06. The lowest BCUT2D eigenvalue weighted by atomic mass is 9.93. The molecule has 0 N–H and O–H groups in total. The summed E-state index contributed by atoms with van der Waals surface area (Å²) in [6.45, 7) is 0. The second kappa shape index (κ2) is 3.11. The summed E-state index contributed by atoms with van der Waals surface area (Å²) < 4.78 is 5.04. The van der Waals surface area contributed by atoms with Crippen LogP contribution in [0.1, 0.15) is 5.56 Å². The third-order valence-electron chi connectivity index (χ3n) is 1.52.